The first-order chi connectivity index (χ1) is 12.6. The summed E-state index contributed by atoms with van der Waals surface area (Å²) in [6, 6.07) is 3.38. The largest absolute Gasteiger partial charge is 0.342 e. The zero-order valence-corrected chi connectivity index (χ0v) is 14.7. The van der Waals surface area contributed by atoms with Gasteiger partial charge in [0.15, 0.2) is 0 Å². The molecule has 1 aliphatic carbocycles. The molecule has 1 amide bonds. The highest BCUT2D eigenvalue weighted by molar-refractivity contribution is 5.79. The van der Waals surface area contributed by atoms with Gasteiger partial charge in [0.2, 0.25) is 5.91 Å². The average Bonchev–Trinajstić information content (AvgIpc) is 3.32. The number of hydrogen-bond acceptors (Lipinski definition) is 2. The number of imidazole rings is 1. The molecule has 138 valence electrons. The van der Waals surface area contributed by atoms with Gasteiger partial charge in [-0.3, -0.25) is 4.79 Å². The average molecular weight is 359 g/mol. The number of likely N-dealkylation sites (tertiary alicyclic amines) is 1. The molecule has 2 aliphatic rings. The molecule has 2 fully saturated rings. The molecule has 0 radical (unpaired) electrons. The van der Waals surface area contributed by atoms with Crippen LogP contribution in [0.2, 0.25) is 0 Å². The zero-order chi connectivity index (χ0) is 18.1. The lowest BCUT2D eigenvalue weighted by Gasteiger charge is -2.33. The van der Waals surface area contributed by atoms with Crippen LogP contribution < -0.4 is 0 Å². The summed E-state index contributed by atoms with van der Waals surface area (Å²) in [6.07, 6.45) is 8.34. The van der Waals surface area contributed by atoms with Crippen LogP contribution in [0, 0.1) is 17.6 Å². The van der Waals surface area contributed by atoms with Crippen molar-refractivity contribution in [3.05, 3.63) is 53.6 Å². The molecule has 1 saturated carbocycles. The van der Waals surface area contributed by atoms with Gasteiger partial charge in [-0.1, -0.05) is 6.07 Å². The van der Waals surface area contributed by atoms with E-state index in [9.17, 15) is 13.6 Å². The molecule has 26 heavy (non-hydrogen) atoms. The first-order valence-electron chi connectivity index (χ1n) is 9.33. The van der Waals surface area contributed by atoms with Crippen LogP contribution >= 0.6 is 0 Å². The maximum atomic E-state index is 13.8. The van der Waals surface area contributed by atoms with Crippen LogP contribution in [-0.4, -0.2) is 33.4 Å². The minimum Gasteiger partial charge on any atom is -0.342 e. The summed E-state index contributed by atoms with van der Waals surface area (Å²) in [6.45, 7) is 2.31. The predicted molar refractivity (Wildman–Crippen MR) is 93.6 cm³/mol. The van der Waals surface area contributed by atoms with Gasteiger partial charge in [0, 0.05) is 44.0 Å². The zero-order valence-electron chi connectivity index (χ0n) is 14.7. The van der Waals surface area contributed by atoms with Gasteiger partial charge in [0.25, 0.3) is 0 Å². The molecule has 2 heterocycles. The number of nitrogens with zero attached hydrogens (tertiary/aromatic N) is 3. The highest BCUT2D eigenvalue weighted by atomic mass is 19.1. The Labute approximate surface area is 151 Å². The quantitative estimate of drug-likeness (QED) is 0.819. The van der Waals surface area contributed by atoms with Gasteiger partial charge < -0.3 is 9.47 Å². The molecule has 1 aromatic heterocycles. The van der Waals surface area contributed by atoms with E-state index < -0.39 is 11.6 Å². The number of piperidine rings is 1. The van der Waals surface area contributed by atoms with E-state index in [2.05, 4.69) is 9.55 Å². The molecular formula is C20H23F2N3O. The topological polar surface area (TPSA) is 38.1 Å². The smallest absolute Gasteiger partial charge is 0.227 e. The summed E-state index contributed by atoms with van der Waals surface area (Å²) >= 11 is 0. The molecule has 1 atom stereocenters. The van der Waals surface area contributed by atoms with Gasteiger partial charge in [-0.25, -0.2) is 13.8 Å². The summed E-state index contributed by atoms with van der Waals surface area (Å²) in [4.78, 5) is 19.0. The molecule has 4 nitrogen and oxygen atoms in total. The first-order valence-corrected chi connectivity index (χ1v) is 9.33. The maximum absolute atomic E-state index is 13.8. The minimum absolute atomic E-state index is 0.0324. The molecule has 6 heteroatoms. The molecule has 1 saturated heterocycles. The van der Waals surface area contributed by atoms with E-state index in [1.165, 1.54) is 25.0 Å². The SMILES string of the molecule is O=C(Cc1ccc(F)cc1F)N1CCC[C@@H](c2nccn2CC2CC2)C1. The van der Waals surface area contributed by atoms with Crippen molar-refractivity contribution in [2.45, 2.75) is 44.6 Å². The second-order valence-corrected chi connectivity index (χ2v) is 7.47. The highest BCUT2D eigenvalue weighted by Crippen LogP contribution is 2.33. The Bertz CT molecular complexity index is 800. The lowest BCUT2D eigenvalue weighted by Crippen LogP contribution is -2.40. The highest BCUT2D eigenvalue weighted by Gasteiger charge is 2.29. The number of rotatable bonds is 5. The number of benzene rings is 1. The molecule has 4 rings (SSSR count). The Morgan fingerprint density at radius 1 is 1.23 bits per heavy atom. The van der Waals surface area contributed by atoms with Gasteiger partial charge in [0.1, 0.15) is 17.5 Å². The van der Waals surface area contributed by atoms with Gasteiger partial charge in [-0.05, 0) is 43.2 Å². The monoisotopic (exact) mass is 359 g/mol. The van der Waals surface area contributed by atoms with Crippen molar-refractivity contribution in [3.8, 4) is 0 Å². The van der Waals surface area contributed by atoms with Crippen molar-refractivity contribution in [2.24, 2.45) is 5.92 Å². The lowest BCUT2D eigenvalue weighted by molar-refractivity contribution is -0.131. The van der Waals surface area contributed by atoms with Crippen molar-refractivity contribution in [1.82, 2.24) is 14.5 Å². The second-order valence-electron chi connectivity index (χ2n) is 7.47. The Balaban J connectivity index is 1.43. The second kappa shape index (κ2) is 7.17. The molecule has 2 aromatic rings. The normalized spacial score (nSPS) is 20.4. The van der Waals surface area contributed by atoms with Crippen LogP contribution in [0.1, 0.15) is 43.0 Å². The van der Waals surface area contributed by atoms with Crippen LogP contribution in [0.25, 0.3) is 0 Å². The van der Waals surface area contributed by atoms with E-state index >= 15 is 0 Å². The third-order valence-electron chi connectivity index (χ3n) is 5.40. The van der Waals surface area contributed by atoms with Crippen LogP contribution in [0.15, 0.2) is 30.6 Å². The number of carbonyl (C=O) groups excluding carboxylic acids is 1. The van der Waals surface area contributed by atoms with E-state index in [0.717, 1.165) is 37.2 Å². The standard InChI is InChI=1S/C20H23F2N3O/c21-17-6-5-15(18(22)11-17)10-19(26)24-8-1-2-16(13-24)20-23-7-9-25(20)12-14-3-4-14/h5-7,9,11,14,16H,1-4,8,10,12-13H2/t16-/m1/s1. The Kier molecular flexibility index (Phi) is 4.74. The number of hydrogen-bond donors (Lipinski definition) is 0. The molecular weight excluding hydrogens is 336 g/mol. The maximum Gasteiger partial charge on any atom is 0.227 e. The Morgan fingerprint density at radius 2 is 2.08 bits per heavy atom. The van der Waals surface area contributed by atoms with E-state index in [1.807, 2.05) is 12.4 Å². The predicted octanol–water partition coefficient (Wildman–Crippen LogP) is 3.52. The summed E-state index contributed by atoms with van der Waals surface area (Å²) in [5.74, 6) is 0.652. The van der Waals surface area contributed by atoms with Crippen LogP contribution in [0.4, 0.5) is 8.78 Å². The Morgan fingerprint density at radius 3 is 2.85 bits per heavy atom. The van der Waals surface area contributed by atoms with Crippen LogP contribution in [0.3, 0.4) is 0 Å². The van der Waals surface area contributed by atoms with E-state index in [4.69, 9.17) is 0 Å². The molecule has 0 unspecified atom stereocenters. The summed E-state index contributed by atoms with van der Waals surface area (Å²) in [5, 5.41) is 0. The van der Waals surface area contributed by atoms with E-state index in [-0.39, 0.29) is 23.8 Å². The molecule has 0 N–H and O–H groups in total. The molecule has 1 aliphatic heterocycles. The minimum atomic E-state index is -0.660. The first kappa shape index (κ1) is 17.2. The fourth-order valence-corrected chi connectivity index (χ4v) is 3.77. The van der Waals surface area contributed by atoms with Crippen LogP contribution in [0.5, 0.6) is 0 Å². The van der Waals surface area contributed by atoms with Crippen molar-refractivity contribution in [2.75, 3.05) is 13.1 Å². The third-order valence-corrected chi connectivity index (χ3v) is 5.40. The number of carbonyl (C=O) groups is 1. The van der Waals surface area contributed by atoms with E-state index in [1.54, 1.807) is 4.90 Å². The van der Waals surface area contributed by atoms with Crippen molar-refractivity contribution < 1.29 is 13.6 Å². The Hall–Kier alpha value is -2.24. The van der Waals surface area contributed by atoms with Gasteiger partial charge in [0.05, 0.1) is 6.42 Å². The van der Waals surface area contributed by atoms with Crippen molar-refractivity contribution in [1.29, 1.82) is 0 Å². The summed E-state index contributed by atoms with van der Waals surface area (Å²) in [7, 11) is 0. The number of aromatic nitrogens is 2. The molecule has 0 spiro atoms. The molecule has 1 aromatic carbocycles. The van der Waals surface area contributed by atoms with Crippen molar-refractivity contribution in [3.63, 3.8) is 0 Å². The van der Waals surface area contributed by atoms with Crippen LogP contribution in [-0.2, 0) is 17.8 Å². The van der Waals surface area contributed by atoms with Gasteiger partial charge in [-0.15, -0.1) is 0 Å². The van der Waals surface area contributed by atoms with E-state index in [0.29, 0.717) is 13.1 Å². The fourth-order valence-electron chi connectivity index (χ4n) is 3.77. The number of halogens is 2. The van der Waals surface area contributed by atoms with Crippen molar-refractivity contribution >= 4 is 5.91 Å². The lowest BCUT2D eigenvalue weighted by atomic mass is 9.96. The molecule has 0 bridgehead atoms. The number of amides is 1. The van der Waals surface area contributed by atoms with Gasteiger partial charge in [-0.2, -0.15) is 0 Å². The van der Waals surface area contributed by atoms with Gasteiger partial charge >= 0.3 is 0 Å². The fraction of sp³-hybridized carbons (Fsp3) is 0.500. The summed E-state index contributed by atoms with van der Waals surface area (Å²) in [5.41, 5.74) is 0.244. The third kappa shape index (κ3) is 3.79. The summed E-state index contributed by atoms with van der Waals surface area (Å²) < 4.78 is 29.1.